The van der Waals surface area contributed by atoms with E-state index in [0.717, 1.165) is 32.2 Å². The average molecular weight is 353 g/mol. The zero-order valence-electron chi connectivity index (χ0n) is 13.9. The molecule has 8 heteroatoms. The van der Waals surface area contributed by atoms with Crippen LogP contribution < -0.4 is 11.1 Å². The first-order valence-corrected chi connectivity index (χ1v) is 8.46. The largest absolute Gasteiger partial charge is 0.397 e. The van der Waals surface area contributed by atoms with Crippen LogP contribution in [0.2, 0.25) is 0 Å². The highest BCUT2D eigenvalue weighted by molar-refractivity contribution is 7.21. The number of thiophene rings is 1. The van der Waals surface area contributed by atoms with Gasteiger partial charge in [0.25, 0.3) is 5.91 Å². The van der Waals surface area contributed by atoms with Gasteiger partial charge in [0.15, 0.2) is 0 Å². The van der Waals surface area contributed by atoms with E-state index in [9.17, 15) is 4.79 Å². The van der Waals surface area contributed by atoms with Crippen molar-refractivity contribution in [3.8, 4) is 0 Å². The third kappa shape index (κ3) is 2.51. The smallest absolute Gasteiger partial charge is 0.269 e. The number of amides is 1. The number of nitrogens with one attached hydrogen (secondary N) is 1. The third-order valence-electron chi connectivity index (χ3n) is 4.04. The first kappa shape index (κ1) is 15.5. The summed E-state index contributed by atoms with van der Waals surface area (Å²) in [6.45, 7) is 5.76. The lowest BCUT2D eigenvalue weighted by molar-refractivity contribution is 0.103. The maximum absolute atomic E-state index is 12.6. The van der Waals surface area contributed by atoms with Crippen LogP contribution in [0.3, 0.4) is 0 Å². The van der Waals surface area contributed by atoms with Crippen LogP contribution in [0.1, 0.15) is 26.5 Å². The molecule has 0 atom stereocenters. The Balaban J connectivity index is 1.84. The summed E-state index contributed by atoms with van der Waals surface area (Å²) in [4.78, 5) is 18.4. The lowest BCUT2D eigenvalue weighted by atomic mass is 10.1. The molecule has 0 unspecified atom stereocenters. The van der Waals surface area contributed by atoms with Gasteiger partial charge < -0.3 is 11.1 Å². The molecule has 0 bridgehead atoms. The number of pyridine rings is 1. The zero-order valence-corrected chi connectivity index (χ0v) is 14.7. The zero-order chi connectivity index (χ0) is 17.7. The van der Waals surface area contributed by atoms with Gasteiger partial charge in [-0.2, -0.15) is 0 Å². The van der Waals surface area contributed by atoms with Crippen LogP contribution in [0.25, 0.3) is 21.1 Å². The van der Waals surface area contributed by atoms with Gasteiger partial charge in [0, 0.05) is 10.8 Å². The van der Waals surface area contributed by atoms with E-state index in [1.165, 1.54) is 11.3 Å². The summed E-state index contributed by atoms with van der Waals surface area (Å²) in [6.07, 6.45) is 0. The van der Waals surface area contributed by atoms with Gasteiger partial charge in [0.1, 0.15) is 15.4 Å². The Labute approximate surface area is 146 Å². The van der Waals surface area contributed by atoms with Crippen LogP contribution in [0.5, 0.6) is 0 Å². The van der Waals surface area contributed by atoms with Crippen molar-refractivity contribution in [2.45, 2.75) is 20.8 Å². The maximum atomic E-state index is 12.6. The second-order valence-corrected chi connectivity index (χ2v) is 6.99. The number of anilines is 2. The van der Waals surface area contributed by atoms with Gasteiger partial charge in [-0.05, 0) is 43.6 Å². The van der Waals surface area contributed by atoms with Crippen LogP contribution >= 0.6 is 11.3 Å². The van der Waals surface area contributed by atoms with Crippen molar-refractivity contribution >= 4 is 49.9 Å². The van der Waals surface area contributed by atoms with E-state index in [4.69, 9.17) is 10.7 Å². The van der Waals surface area contributed by atoms with E-state index < -0.39 is 0 Å². The number of nitrogen functional groups attached to an aromatic ring is 1. The Morgan fingerprint density at radius 2 is 2.00 bits per heavy atom. The molecule has 0 spiro atoms. The summed E-state index contributed by atoms with van der Waals surface area (Å²) in [6, 6.07) is 6.14. The van der Waals surface area contributed by atoms with Crippen molar-refractivity contribution in [1.29, 1.82) is 0 Å². The van der Waals surface area contributed by atoms with Crippen molar-refractivity contribution in [3.63, 3.8) is 0 Å². The van der Waals surface area contributed by atoms with Crippen LogP contribution in [0.15, 0.2) is 22.8 Å². The Hall–Kier alpha value is -3.00. The van der Waals surface area contributed by atoms with Crippen molar-refractivity contribution in [2.24, 2.45) is 0 Å². The number of carbonyl (C=O) groups is 1. The SMILES string of the molecule is Cc1cc(C)c2nc3sc(C(=O)Nc4nonc4C)c(N)c3cc2c1. The second-order valence-electron chi connectivity index (χ2n) is 5.99. The first-order chi connectivity index (χ1) is 11.9. The third-order valence-corrected chi connectivity index (χ3v) is 5.16. The monoisotopic (exact) mass is 353 g/mol. The summed E-state index contributed by atoms with van der Waals surface area (Å²) >= 11 is 1.26. The minimum absolute atomic E-state index is 0.284. The topological polar surface area (TPSA) is 107 Å². The normalized spacial score (nSPS) is 11.3. The molecule has 0 aliphatic carbocycles. The number of hydrogen-bond acceptors (Lipinski definition) is 7. The van der Waals surface area contributed by atoms with E-state index >= 15 is 0 Å². The van der Waals surface area contributed by atoms with E-state index in [0.29, 0.717) is 16.3 Å². The fourth-order valence-electron chi connectivity index (χ4n) is 2.86. The number of hydrogen-bond donors (Lipinski definition) is 2. The molecule has 25 heavy (non-hydrogen) atoms. The first-order valence-electron chi connectivity index (χ1n) is 7.64. The van der Waals surface area contributed by atoms with Crippen LogP contribution in [0.4, 0.5) is 11.5 Å². The molecule has 0 radical (unpaired) electrons. The number of aryl methyl sites for hydroxylation is 3. The van der Waals surface area contributed by atoms with Crippen molar-refractivity contribution in [1.82, 2.24) is 15.3 Å². The maximum Gasteiger partial charge on any atom is 0.269 e. The molecule has 7 nitrogen and oxygen atoms in total. The van der Waals surface area contributed by atoms with Crippen LogP contribution in [-0.2, 0) is 0 Å². The molecular weight excluding hydrogens is 338 g/mol. The highest BCUT2D eigenvalue weighted by Crippen LogP contribution is 2.35. The lowest BCUT2D eigenvalue weighted by Crippen LogP contribution is -2.12. The van der Waals surface area contributed by atoms with Crippen molar-refractivity contribution in [3.05, 3.63) is 39.9 Å². The fourth-order valence-corrected chi connectivity index (χ4v) is 3.83. The van der Waals surface area contributed by atoms with Crippen LogP contribution in [0, 0.1) is 20.8 Å². The van der Waals surface area contributed by atoms with Gasteiger partial charge in [-0.3, -0.25) is 4.79 Å². The minimum atomic E-state index is -0.351. The van der Waals surface area contributed by atoms with Gasteiger partial charge in [0.05, 0.1) is 11.2 Å². The molecule has 4 rings (SSSR count). The second kappa shape index (κ2) is 5.52. The number of nitrogens with two attached hydrogens (primary N) is 1. The number of rotatable bonds is 2. The summed E-state index contributed by atoms with van der Waals surface area (Å²) in [5.74, 6) is -0.0669. The van der Waals surface area contributed by atoms with E-state index in [1.807, 2.05) is 19.9 Å². The van der Waals surface area contributed by atoms with E-state index in [1.54, 1.807) is 6.92 Å². The van der Waals surface area contributed by atoms with E-state index in [2.05, 4.69) is 32.4 Å². The van der Waals surface area contributed by atoms with Gasteiger partial charge in [0.2, 0.25) is 5.82 Å². The Bertz CT molecular complexity index is 1150. The van der Waals surface area contributed by atoms with Gasteiger partial charge in [-0.1, -0.05) is 16.8 Å². The molecule has 3 heterocycles. The molecule has 126 valence electrons. The molecule has 4 aromatic rings. The molecule has 3 aromatic heterocycles. The summed E-state index contributed by atoms with van der Waals surface area (Å²) in [7, 11) is 0. The van der Waals surface area contributed by atoms with Crippen molar-refractivity contribution < 1.29 is 9.42 Å². The van der Waals surface area contributed by atoms with Gasteiger partial charge in [-0.15, -0.1) is 11.3 Å². The van der Waals surface area contributed by atoms with E-state index in [-0.39, 0.29) is 11.7 Å². The molecule has 0 fully saturated rings. The Morgan fingerprint density at radius 3 is 2.72 bits per heavy atom. The summed E-state index contributed by atoms with van der Waals surface area (Å²) < 4.78 is 4.59. The molecule has 0 aliphatic rings. The fraction of sp³-hybridized carbons (Fsp3) is 0.176. The molecule has 0 saturated heterocycles. The van der Waals surface area contributed by atoms with Gasteiger partial charge >= 0.3 is 0 Å². The molecule has 0 saturated carbocycles. The Kier molecular flexibility index (Phi) is 3.43. The number of benzene rings is 1. The molecule has 1 aromatic carbocycles. The summed E-state index contributed by atoms with van der Waals surface area (Å²) in [5.41, 5.74) is 10.3. The summed E-state index contributed by atoms with van der Waals surface area (Å²) in [5, 5.41) is 11.8. The minimum Gasteiger partial charge on any atom is -0.397 e. The quantitative estimate of drug-likeness (QED) is 0.570. The van der Waals surface area contributed by atoms with Crippen molar-refractivity contribution in [2.75, 3.05) is 11.1 Å². The Morgan fingerprint density at radius 1 is 1.20 bits per heavy atom. The lowest BCUT2D eigenvalue weighted by Gasteiger charge is -2.04. The number of fused-ring (bicyclic) bond motifs is 2. The predicted molar refractivity (Wildman–Crippen MR) is 98.0 cm³/mol. The molecular formula is C17H15N5O2S. The average Bonchev–Trinajstić information content (AvgIpc) is 3.10. The van der Waals surface area contributed by atoms with Gasteiger partial charge in [-0.25, -0.2) is 9.61 Å². The molecule has 1 amide bonds. The highest BCUT2D eigenvalue weighted by atomic mass is 32.1. The highest BCUT2D eigenvalue weighted by Gasteiger charge is 2.20. The number of carbonyl (C=O) groups excluding carboxylic acids is 1. The number of nitrogens with zero attached hydrogens (tertiary/aromatic N) is 3. The standard InChI is InChI=1S/C17H15N5O2S/c1-7-4-8(2)13-10(5-7)6-11-12(18)14(25-17(11)19-13)16(23)20-15-9(3)21-24-22-15/h4-6H,18H2,1-3H3,(H,20,22,23). The van der Waals surface area contributed by atoms with Crippen LogP contribution in [-0.4, -0.2) is 21.2 Å². The molecule has 0 aliphatic heterocycles. The number of aromatic nitrogens is 3. The predicted octanol–water partition coefficient (Wildman–Crippen LogP) is 3.59. The molecule has 3 N–H and O–H groups in total.